The van der Waals surface area contributed by atoms with Gasteiger partial charge in [-0.3, -0.25) is 14.7 Å². The minimum atomic E-state index is -0.482. The van der Waals surface area contributed by atoms with Crippen molar-refractivity contribution in [2.45, 2.75) is 25.1 Å². The molecule has 0 amide bonds. The van der Waals surface area contributed by atoms with Crippen LogP contribution in [-0.4, -0.2) is 51.3 Å². The summed E-state index contributed by atoms with van der Waals surface area (Å²) >= 11 is 0. The molecule has 3 N–H and O–H groups in total. The van der Waals surface area contributed by atoms with Gasteiger partial charge in [-0.1, -0.05) is 0 Å². The number of aromatic nitrogens is 2. The third kappa shape index (κ3) is 4.43. The van der Waals surface area contributed by atoms with Crippen LogP contribution in [0.15, 0.2) is 35.3 Å². The first-order valence-corrected chi connectivity index (χ1v) is 7.26. The molecular weight excluding hydrogens is 339 g/mol. The average Bonchev–Trinajstić information content (AvgIpc) is 2.50. The Morgan fingerprint density at radius 2 is 2.04 bits per heavy atom. The molecule has 0 spiro atoms. The highest BCUT2D eigenvalue weighted by atomic mass is 35.5. The summed E-state index contributed by atoms with van der Waals surface area (Å²) in [5.74, 6) is 0. The lowest BCUT2D eigenvalue weighted by molar-refractivity contribution is 0.0520. The molecule has 1 aliphatic rings. The van der Waals surface area contributed by atoms with Crippen molar-refractivity contribution in [1.82, 2.24) is 14.5 Å². The summed E-state index contributed by atoms with van der Waals surface area (Å²) < 4.78 is 1.74. The van der Waals surface area contributed by atoms with Crippen LogP contribution in [-0.2, 0) is 6.54 Å². The predicted molar refractivity (Wildman–Crippen MR) is 95.5 cm³/mol. The fourth-order valence-electron chi connectivity index (χ4n) is 2.82. The van der Waals surface area contributed by atoms with Crippen LogP contribution >= 0.6 is 24.8 Å². The number of hydrogen-bond acceptors (Lipinski definition) is 5. The average molecular weight is 361 g/mol. The summed E-state index contributed by atoms with van der Waals surface area (Å²) in [6.45, 7) is 2.73. The highest BCUT2D eigenvalue weighted by molar-refractivity contribution is 5.85. The number of nitrogens with zero attached hydrogens (tertiary/aromatic N) is 3. The Morgan fingerprint density at radius 1 is 1.26 bits per heavy atom. The van der Waals surface area contributed by atoms with Gasteiger partial charge < -0.3 is 15.4 Å². The second-order valence-electron chi connectivity index (χ2n) is 5.55. The standard InChI is InChI=1S/C15H20N4O2.2ClH/c16-11-5-7-18(10-14(11)20)8-9-19-13-2-1-6-17-12(13)3-4-15(19)21;;/h1-4,6,11,14,20H,5,7-10,16H2;2*1H/t11-,14+;;/m0../s1. The first kappa shape index (κ1) is 19.9. The van der Waals surface area contributed by atoms with E-state index in [9.17, 15) is 9.90 Å². The number of aliphatic hydroxyl groups is 1. The second kappa shape index (κ2) is 8.61. The van der Waals surface area contributed by atoms with E-state index in [1.807, 2.05) is 12.1 Å². The van der Waals surface area contributed by atoms with Crippen molar-refractivity contribution in [1.29, 1.82) is 0 Å². The van der Waals surface area contributed by atoms with Crippen molar-refractivity contribution < 1.29 is 5.11 Å². The number of rotatable bonds is 3. The summed E-state index contributed by atoms with van der Waals surface area (Å²) in [6, 6.07) is 6.91. The normalized spacial score (nSPS) is 21.5. The maximum atomic E-state index is 12.1. The molecule has 0 aliphatic carbocycles. The molecule has 3 rings (SSSR count). The number of halogens is 2. The number of pyridine rings is 2. The van der Waals surface area contributed by atoms with Crippen LogP contribution in [0.3, 0.4) is 0 Å². The van der Waals surface area contributed by atoms with Gasteiger partial charge in [0, 0.05) is 37.9 Å². The number of hydrogen-bond donors (Lipinski definition) is 2. The molecule has 3 heterocycles. The lowest BCUT2D eigenvalue weighted by atomic mass is 10.0. The summed E-state index contributed by atoms with van der Waals surface area (Å²) in [5, 5.41) is 9.83. The number of likely N-dealkylation sites (tertiary alicyclic amines) is 1. The highest BCUT2D eigenvalue weighted by Crippen LogP contribution is 2.11. The van der Waals surface area contributed by atoms with Gasteiger partial charge in [-0.25, -0.2) is 0 Å². The zero-order valence-corrected chi connectivity index (χ0v) is 14.3. The van der Waals surface area contributed by atoms with Gasteiger partial charge in [0.2, 0.25) is 0 Å². The van der Waals surface area contributed by atoms with Crippen LogP contribution in [0.25, 0.3) is 11.0 Å². The van der Waals surface area contributed by atoms with Crippen LogP contribution in [0.5, 0.6) is 0 Å². The zero-order valence-electron chi connectivity index (χ0n) is 12.7. The van der Waals surface area contributed by atoms with Gasteiger partial charge in [0.25, 0.3) is 5.56 Å². The molecule has 23 heavy (non-hydrogen) atoms. The molecule has 0 bridgehead atoms. The van der Waals surface area contributed by atoms with Crippen molar-refractivity contribution in [2.75, 3.05) is 19.6 Å². The summed E-state index contributed by atoms with van der Waals surface area (Å²) in [5.41, 5.74) is 7.45. The number of fused-ring (bicyclic) bond motifs is 1. The smallest absolute Gasteiger partial charge is 0.251 e. The topological polar surface area (TPSA) is 84.4 Å². The zero-order chi connectivity index (χ0) is 14.8. The molecule has 6 nitrogen and oxygen atoms in total. The minimum Gasteiger partial charge on any atom is -0.390 e. The molecule has 0 aromatic carbocycles. The molecule has 2 aromatic heterocycles. The summed E-state index contributed by atoms with van der Waals surface area (Å²) in [6.07, 6.45) is 2.02. The van der Waals surface area contributed by atoms with Gasteiger partial charge in [0.05, 0.1) is 17.1 Å². The molecule has 8 heteroatoms. The Kier molecular flexibility index (Phi) is 7.44. The molecule has 0 unspecified atom stereocenters. The number of β-amino-alcohol motifs (C(OH)–C–C–N with tert-alkyl or cyclic N) is 1. The minimum absolute atomic E-state index is 0. The van der Waals surface area contributed by atoms with Gasteiger partial charge >= 0.3 is 0 Å². The third-order valence-corrected chi connectivity index (χ3v) is 4.11. The first-order valence-electron chi connectivity index (χ1n) is 7.26. The lowest BCUT2D eigenvalue weighted by Gasteiger charge is -2.34. The Labute approximate surface area is 147 Å². The summed E-state index contributed by atoms with van der Waals surface area (Å²) in [4.78, 5) is 18.5. The van der Waals surface area contributed by atoms with E-state index in [2.05, 4.69) is 9.88 Å². The van der Waals surface area contributed by atoms with Crippen LogP contribution in [0.1, 0.15) is 6.42 Å². The Balaban J connectivity index is 0.00000132. The number of aliphatic hydroxyl groups excluding tert-OH is 1. The number of nitrogens with two attached hydrogens (primary N) is 1. The van der Waals surface area contributed by atoms with Crippen molar-refractivity contribution >= 4 is 35.8 Å². The van der Waals surface area contributed by atoms with E-state index >= 15 is 0 Å². The quantitative estimate of drug-likeness (QED) is 0.838. The molecule has 0 radical (unpaired) electrons. The van der Waals surface area contributed by atoms with Crippen molar-refractivity contribution in [3.63, 3.8) is 0 Å². The van der Waals surface area contributed by atoms with E-state index in [4.69, 9.17) is 5.73 Å². The Bertz CT molecular complexity index is 694. The van der Waals surface area contributed by atoms with Crippen molar-refractivity contribution in [3.05, 3.63) is 40.8 Å². The van der Waals surface area contributed by atoms with E-state index in [0.717, 1.165) is 30.5 Å². The van der Waals surface area contributed by atoms with Crippen LogP contribution < -0.4 is 11.3 Å². The molecule has 1 saturated heterocycles. The third-order valence-electron chi connectivity index (χ3n) is 4.11. The van der Waals surface area contributed by atoms with Gasteiger partial charge in [0.1, 0.15) is 0 Å². The van der Waals surface area contributed by atoms with E-state index in [0.29, 0.717) is 13.1 Å². The van der Waals surface area contributed by atoms with Gasteiger partial charge in [-0.05, 0) is 31.2 Å². The maximum absolute atomic E-state index is 12.1. The van der Waals surface area contributed by atoms with E-state index in [1.54, 1.807) is 22.9 Å². The molecule has 0 saturated carbocycles. The largest absolute Gasteiger partial charge is 0.390 e. The highest BCUT2D eigenvalue weighted by Gasteiger charge is 2.24. The molecule has 1 fully saturated rings. The second-order valence-corrected chi connectivity index (χ2v) is 5.55. The SMILES string of the molecule is Cl.Cl.N[C@H]1CCN(CCn2c(=O)ccc3ncccc32)C[C@H]1O. The Hall–Kier alpha value is -1.18. The van der Waals surface area contributed by atoms with E-state index < -0.39 is 6.10 Å². The fourth-order valence-corrected chi connectivity index (χ4v) is 2.82. The van der Waals surface area contributed by atoms with Gasteiger partial charge in [-0.15, -0.1) is 24.8 Å². The van der Waals surface area contributed by atoms with Crippen LogP contribution in [0, 0.1) is 0 Å². The molecule has 2 aromatic rings. The van der Waals surface area contributed by atoms with E-state index in [-0.39, 0.29) is 36.4 Å². The lowest BCUT2D eigenvalue weighted by Crippen LogP contribution is -2.51. The van der Waals surface area contributed by atoms with Crippen LogP contribution in [0.2, 0.25) is 0 Å². The molecular formula is C15H22Cl2N4O2. The monoisotopic (exact) mass is 360 g/mol. The van der Waals surface area contributed by atoms with Gasteiger partial charge in [0.15, 0.2) is 0 Å². The predicted octanol–water partition coefficient (Wildman–Crippen LogP) is 0.634. The van der Waals surface area contributed by atoms with Crippen LogP contribution in [0.4, 0.5) is 0 Å². The van der Waals surface area contributed by atoms with Crippen molar-refractivity contribution in [3.8, 4) is 0 Å². The number of piperidine rings is 1. The summed E-state index contributed by atoms with van der Waals surface area (Å²) in [7, 11) is 0. The van der Waals surface area contributed by atoms with E-state index in [1.165, 1.54) is 0 Å². The first-order chi connectivity index (χ1) is 10.1. The molecule has 2 atom stereocenters. The molecule has 128 valence electrons. The molecule has 1 aliphatic heterocycles. The fraction of sp³-hybridized carbons (Fsp3) is 0.467. The maximum Gasteiger partial charge on any atom is 0.251 e. The Morgan fingerprint density at radius 3 is 2.78 bits per heavy atom. The van der Waals surface area contributed by atoms with Crippen molar-refractivity contribution in [2.24, 2.45) is 5.73 Å². The van der Waals surface area contributed by atoms with Gasteiger partial charge in [-0.2, -0.15) is 0 Å².